The summed E-state index contributed by atoms with van der Waals surface area (Å²) in [6, 6.07) is 12.2. The third kappa shape index (κ3) is 5.02. The molecule has 1 saturated heterocycles. The summed E-state index contributed by atoms with van der Waals surface area (Å²) in [5.41, 5.74) is 6.28. The van der Waals surface area contributed by atoms with E-state index in [0.29, 0.717) is 34.2 Å². The third-order valence-corrected chi connectivity index (χ3v) is 10.5. The van der Waals surface area contributed by atoms with Gasteiger partial charge in [-0.2, -0.15) is 8.78 Å². The van der Waals surface area contributed by atoms with Crippen LogP contribution < -0.4 is 15.8 Å². The van der Waals surface area contributed by atoms with E-state index in [0.717, 1.165) is 23.5 Å². The molecule has 13 heteroatoms. The van der Waals surface area contributed by atoms with Crippen molar-refractivity contribution in [2.24, 2.45) is 5.73 Å². The Balaban J connectivity index is 1.52. The lowest BCUT2D eigenvalue weighted by Gasteiger charge is -2.27. The van der Waals surface area contributed by atoms with Crippen LogP contribution in [-0.2, 0) is 15.1 Å². The summed E-state index contributed by atoms with van der Waals surface area (Å²) in [7, 11) is -4.79. The molecule has 0 unspecified atom stereocenters. The first-order valence-corrected chi connectivity index (χ1v) is 14.9. The van der Waals surface area contributed by atoms with Gasteiger partial charge in [0.05, 0.1) is 16.3 Å². The second kappa shape index (κ2) is 10.5. The van der Waals surface area contributed by atoms with Crippen LogP contribution in [0.3, 0.4) is 0 Å². The van der Waals surface area contributed by atoms with E-state index < -0.39 is 37.9 Å². The number of benzene rings is 2. The highest BCUT2D eigenvalue weighted by atomic mass is 35.5. The van der Waals surface area contributed by atoms with Gasteiger partial charge in [-0.3, -0.25) is 9.36 Å². The largest absolute Gasteiger partial charge is 0.484 e. The van der Waals surface area contributed by atoms with Crippen molar-refractivity contribution in [2.75, 3.05) is 13.1 Å². The van der Waals surface area contributed by atoms with Gasteiger partial charge in [-0.15, -0.1) is 11.3 Å². The van der Waals surface area contributed by atoms with E-state index >= 15 is 8.78 Å². The van der Waals surface area contributed by atoms with Crippen LogP contribution in [0.25, 0.3) is 16.0 Å². The molecule has 0 saturated carbocycles. The van der Waals surface area contributed by atoms with Crippen molar-refractivity contribution in [1.82, 2.24) is 14.9 Å². The van der Waals surface area contributed by atoms with Crippen molar-refractivity contribution in [2.45, 2.75) is 36.4 Å². The first-order chi connectivity index (χ1) is 18.5. The number of hydrogen-bond acceptors (Lipinski definition) is 7. The van der Waals surface area contributed by atoms with Crippen LogP contribution in [0, 0.1) is 0 Å². The summed E-state index contributed by atoms with van der Waals surface area (Å²) < 4.78 is 64.3. The SMILES string of the molecule is C[C@@H](Oc1cc(-n2cnc3ccc(C(F)(F)S(=O)(=O)C4CCNCC4)cc32)sc1C(N)=O)c1ccccc1Cl. The number of thiophene rings is 1. The Hall–Kier alpha value is -3.06. The Morgan fingerprint density at radius 3 is 2.64 bits per heavy atom. The maximum absolute atomic E-state index is 15.5. The molecule has 2 aromatic carbocycles. The normalized spacial score (nSPS) is 15.9. The minimum atomic E-state index is -4.79. The number of ether oxygens (including phenoxy) is 1. The van der Waals surface area contributed by atoms with Crippen LogP contribution in [-0.4, -0.2) is 42.2 Å². The Kier molecular flexibility index (Phi) is 7.40. The molecule has 206 valence electrons. The second-order valence-corrected chi connectivity index (χ2v) is 13.0. The van der Waals surface area contributed by atoms with Gasteiger partial charge >= 0.3 is 5.25 Å². The molecule has 0 spiro atoms. The number of nitrogens with one attached hydrogen (secondary N) is 1. The molecule has 3 N–H and O–H groups in total. The van der Waals surface area contributed by atoms with Gasteiger partial charge in [-0.1, -0.05) is 29.8 Å². The second-order valence-electron chi connectivity index (χ2n) is 9.25. The van der Waals surface area contributed by atoms with Crippen molar-refractivity contribution in [3.05, 3.63) is 75.9 Å². The summed E-state index contributed by atoms with van der Waals surface area (Å²) in [4.78, 5) is 16.6. The summed E-state index contributed by atoms with van der Waals surface area (Å²) in [5, 5.41) is -1.31. The zero-order valence-electron chi connectivity index (χ0n) is 20.7. The zero-order chi connectivity index (χ0) is 27.9. The molecule has 0 bridgehead atoms. The fourth-order valence-corrected chi connectivity index (χ4v) is 7.59. The van der Waals surface area contributed by atoms with Crippen LogP contribution in [0.15, 0.2) is 54.9 Å². The summed E-state index contributed by atoms with van der Waals surface area (Å²) >= 11 is 7.28. The van der Waals surface area contributed by atoms with Crippen molar-refractivity contribution in [3.63, 3.8) is 0 Å². The number of sulfone groups is 1. The number of alkyl halides is 2. The van der Waals surface area contributed by atoms with Crippen LogP contribution in [0.5, 0.6) is 5.75 Å². The Labute approximate surface area is 232 Å². The van der Waals surface area contributed by atoms with Crippen molar-refractivity contribution in [3.8, 4) is 10.8 Å². The van der Waals surface area contributed by atoms with Crippen molar-refractivity contribution >= 4 is 49.7 Å². The standard InChI is InChI=1S/C26H25ClF2N4O4S2/c1-15(18-4-2-3-5-19(18)27)37-22-13-23(38-24(22)25(30)34)33-14-32-20-7-6-16(12-21(20)33)26(28,29)39(35,36)17-8-10-31-11-9-17/h2-7,12-15,17,31H,8-11H2,1H3,(H2,30,34)/t15-/m1/s1. The number of nitrogens with two attached hydrogens (primary N) is 1. The maximum atomic E-state index is 15.5. The molecule has 1 atom stereocenters. The minimum Gasteiger partial charge on any atom is -0.484 e. The molecule has 39 heavy (non-hydrogen) atoms. The molecular formula is C26H25ClF2N4O4S2. The predicted octanol–water partition coefficient (Wildman–Crippen LogP) is 5.20. The lowest BCUT2D eigenvalue weighted by atomic mass is 10.1. The van der Waals surface area contributed by atoms with Crippen LogP contribution in [0.4, 0.5) is 8.78 Å². The molecule has 0 radical (unpaired) electrons. The fourth-order valence-electron chi connectivity index (χ4n) is 4.64. The van der Waals surface area contributed by atoms with Crippen molar-refractivity contribution < 1.29 is 26.7 Å². The predicted molar refractivity (Wildman–Crippen MR) is 147 cm³/mol. The number of amides is 1. The van der Waals surface area contributed by atoms with Gasteiger partial charge in [0.1, 0.15) is 28.1 Å². The van der Waals surface area contributed by atoms with Gasteiger partial charge in [0.2, 0.25) is 9.84 Å². The number of piperidine rings is 1. The van der Waals surface area contributed by atoms with E-state index in [1.165, 1.54) is 17.0 Å². The van der Waals surface area contributed by atoms with E-state index in [1.54, 1.807) is 31.2 Å². The lowest BCUT2D eigenvalue weighted by Crippen LogP contribution is -2.42. The molecule has 1 amide bonds. The number of halogens is 3. The molecule has 0 aliphatic carbocycles. The van der Waals surface area contributed by atoms with Crippen LogP contribution in [0.2, 0.25) is 5.02 Å². The molecule has 1 fully saturated rings. The minimum absolute atomic E-state index is 0.124. The number of imidazole rings is 1. The topological polar surface area (TPSA) is 116 Å². The molecule has 5 rings (SSSR count). The Bertz CT molecular complexity index is 1650. The van der Waals surface area contributed by atoms with Crippen molar-refractivity contribution in [1.29, 1.82) is 0 Å². The highest BCUT2D eigenvalue weighted by Crippen LogP contribution is 2.41. The van der Waals surface area contributed by atoms with Gasteiger partial charge in [0.15, 0.2) is 0 Å². The molecule has 1 aliphatic heterocycles. The maximum Gasteiger partial charge on any atom is 0.371 e. The molecule has 1 aliphatic rings. The monoisotopic (exact) mass is 594 g/mol. The number of carbonyl (C=O) groups is 1. The van der Waals surface area contributed by atoms with Gasteiger partial charge in [0, 0.05) is 22.2 Å². The van der Waals surface area contributed by atoms with Crippen LogP contribution >= 0.6 is 22.9 Å². The molecule has 2 aromatic heterocycles. The highest BCUT2D eigenvalue weighted by Gasteiger charge is 2.51. The van der Waals surface area contributed by atoms with Gasteiger partial charge < -0.3 is 15.8 Å². The van der Waals surface area contributed by atoms with E-state index in [4.69, 9.17) is 22.1 Å². The van der Waals surface area contributed by atoms with E-state index in [9.17, 15) is 13.2 Å². The fraction of sp³-hybridized carbons (Fsp3) is 0.308. The first kappa shape index (κ1) is 27.5. The van der Waals surface area contributed by atoms with E-state index in [-0.39, 0.29) is 29.0 Å². The lowest BCUT2D eigenvalue weighted by molar-refractivity contribution is 0.0886. The van der Waals surface area contributed by atoms with E-state index in [1.807, 2.05) is 6.07 Å². The van der Waals surface area contributed by atoms with Gasteiger partial charge in [-0.25, -0.2) is 13.4 Å². The smallest absolute Gasteiger partial charge is 0.371 e. The van der Waals surface area contributed by atoms with Gasteiger partial charge in [0.25, 0.3) is 5.91 Å². The number of hydrogen-bond donors (Lipinski definition) is 2. The molecule has 4 aromatic rings. The molecule has 3 heterocycles. The van der Waals surface area contributed by atoms with E-state index in [2.05, 4.69) is 10.3 Å². The van der Waals surface area contributed by atoms with Gasteiger partial charge in [-0.05, 0) is 57.1 Å². The zero-order valence-corrected chi connectivity index (χ0v) is 23.1. The number of aromatic nitrogens is 2. The first-order valence-electron chi connectivity index (χ1n) is 12.2. The third-order valence-electron chi connectivity index (χ3n) is 6.76. The number of carbonyl (C=O) groups excluding carboxylic acids is 1. The quantitative estimate of drug-likeness (QED) is 0.290. The number of rotatable bonds is 8. The number of fused-ring (bicyclic) bond motifs is 1. The summed E-state index contributed by atoms with van der Waals surface area (Å²) in [6.07, 6.45) is 1.13. The number of primary amides is 1. The summed E-state index contributed by atoms with van der Waals surface area (Å²) in [6.45, 7) is 2.50. The highest BCUT2D eigenvalue weighted by molar-refractivity contribution is 7.92. The molecule has 8 nitrogen and oxygen atoms in total. The Morgan fingerprint density at radius 2 is 1.95 bits per heavy atom. The Morgan fingerprint density at radius 1 is 1.23 bits per heavy atom. The summed E-state index contributed by atoms with van der Waals surface area (Å²) in [5.74, 6) is -0.524. The van der Waals surface area contributed by atoms with Crippen LogP contribution in [0.1, 0.15) is 46.7 Å². The average molecular weight is 595 g/mol. The number of nitrogens with zero attached hydrogens (tertiary/aromatic N) is 2. The molecular weight excluding hydrogens is 570 g/mol. The average Bonchev–Trinajstić information content (AvgIpc) is 3.53.